The molecule has 0 spiro atoms. The first-order valence-electron chi connectivity index (χ1n) is 11.0. The van der Waals surface area contributed by atoms with Crippen molar-refractivity contribution in [1.29, 1.82) is 0 Å². The topological polar surface area (TPSA) is 44.3 Å². The maximum Gasteiger partial charge on any atom is 0.134 e. The van der Waals surface area contributed by atoms with E-state index in [0.29, 0.717) is 0 Å². The smallest absolute Gasteiger partial charge is 0.134 e. The second kappa shape index (κ2) is 9.88. The molecular formula is C24H33N5. The van der Waals surface area contributed by atoms with Gasteiger partial charge in [-0.1, -0.05) is 42.0 Å². The Balaban J connectivity index is 1.30. The van der Waals surface area contributed by atoms with Gasteiger partial charge in [-0.25, -0.2) is 9.97 Å². The van der Waals surface area contributed by atoms with Gasteiger partial charge in [0.15, 0.2) is 0 Å². The van der Waals surface area contributed by atoms with Crippen LogP contribution < -0.4 is 10.2 Å². The highest BCUT2D eigenvalue weighted by molar-refractivity contribution is 5.49. The monoisotopic (exact) mass is 391 g/mol. The summed E-state index contributed by atoms with van der Waals surface area (Å²) >= 11 is 0. The second-order valence-corrected chi connectivity index (χ2v) is 8.19. The van der Waals surface area contributed by atoms with Crippen molar-refractivity contribution in [3.05, 3.63) is 59.4 Å². The Labute approximate surface area is 174 Å². The minimum atomic E-state index is 0.841. The number of nitrogens with one attached hydrogen (secondary N) is 1. The number of benzene rings is 1. The molecule has 2 aromatic rings. The van der Waals surface area contributed by atoms with E-state index in [2.05, 4.69) is 62.6 Å². The maximum absolute atomic E-state index is 4.71. The van der Waals surface area contributed by atoms with E-state index in [1.807, 2.05) is 6.92 Å². The number of allylic oxidation sites excluding steroid dienone is 1. The molecule has 0 unspecified atom stereocenters. The zero-order chi connectivity index (χ0) is 19.9. The molecule has 5 heteroatoms. The Bertz CT molecular complexity index is 809. The zero-order valence-corrected chi connectivity index (χ0v) is 17.6. The van der Waals surface area contributed by atoms with Crippen LogP contribution in [0.2, 0.25) is 0 Å². The van der Waals surface area contributed by atoms with Crippen molar-refractivity contribution in [2.45, 2.75) is 45.6 Å². The third-order valence-corrected chi connectivity index (χ3v) is 5.91. The minimum Gasteiger partial charge on any atom is -0.370 e. The average molecular weight is 392 g/mol. The highest BCUT2D eigenvalue weighted by Crippen LogP contribution is 2.21. The molecule has 1 aromatic carbocycles. The molecule has 0 amide bonds. The highest BCUT2D eigenvalue weighted by Gasteiger charge is 2.19. The van der Waals surface area contributed by atoms with E-state index in [0.717, 1.165) is 63.1 Å². The Hall–Kier alpha value is -2.40. The average Bonchev–Trinajstić information content (AvgIpc) is 2.75. The first kappa shape index (κ1) is 19.9. The van der Waals surface area contributed by atoms with Crippen molar-refractivity contribution in [3.8, 4) is 0 Å². The molecule has 1 aliphatic carbocycles. The normalized spacial score (nSPS) is 17.8. The summed E-state index contributed by atoms with van der Waals surface area (Å²) in [5.74, 6) is 2.85. The predicted octanol–water partition coefficient (Wildman–Crippen LogP) is 4.41. The van der Waals surface area contributed by atoms with Crippen LogP contribution in [-0.2, 0) is 6.54 Å². The standard InChI is InChI=1S/C24H33N5/c1-20-26-23(25-13-12-21-8-4-2-5-9-21)18-24(27-20)29-16-14-28(15-17-29)19-22-10-6-3-7-11-22/h3,6-8,10-11,18H,2,4-5,9,12-17,19H2,1H3,(H,25,26,27). The Morgan fingerprint density at radius 1 is 1.00 bits per heavy atom. The number of hydrogen-bond acceptors (Lipinski definition) is 5. The summed E-state index contributed by atoms with van der Waals surface area (Å²) in [6, 6.07) is 12.9. The SMILES string of the molecule is Cc1nc(NCCC2=CCCCC2)cc(N2CCN(Cc3ccccc3)CC2)n1. The number of anilines is 2. The van der Waals surface area contributed by atoms with E-state index < -0.39 is 0 Å². The molecule has 29 heavy (non-hydrogen) atoms. The summed E-state index contributed by atoms with van der Waals surface area (Å²) in [6.07, 6.45) is 8.77. The van der Waals surface area contributed by atoms with E-state index in [4.69, 9.17) is 4.98 Å². The largest absolute Gasteiger partial charge is 0.370 e. The first-order chi connectivity index (χ1) is 14.3. The van der Waals surface area contributed by atoms with Gasteiger partial charge in [-0.15, -0.1) is 0 Å². The van der Waals surface area contributed by atoms with Crippen LogP contribution >= 0.6 is 0 Å². The fourth-order valence-electron chi connectivity index (χ4n) is 4.26. The Morgan fingerprint density at radius 2 is 1.83 bits per heavy atom. The summed E-state index contributed by atoms with van der Waals surface area (Å²) in [7, 11) is 0. The summed E-state index contributed by atoms with van der Waals surface area (Å²) in [5, 5.41) is 3.52. The number of aryl methyl sites for hydroxylation is 1. The number of aromatic nitrogens is 2. The van der Waals surface area contributed by atoms with Crippen molar-refractivity contribution < 1.29 is 0 Å². The summed E-state index contributed by atoms with van der Waals surface area (Å²) in [6.45, 7) is 8.12. The molecule has 0 saturated carbocycles. The van der Waals surface area contributed by atoms with Crippen molar-refractivity contribution in [1.82, 2.24) is 14.9 Å². The van der Waals surface area contributed by atoms with E-state index in [1.165, 1.54) is 31.2 Å². The number of piperazine rings is 1. The van der Waals surface area contributed by atoms with Gasteiger partial charge in [-0.05, 0) is 44.6 Å². The Kier molecular flexibility index (Phi) is 6.78. The molecule has 1 fully saturated rings. The molecule has 1 aromatic heterocycles. The fourth-order valence-corrected chi connectivity index (χ4v) is 4.26. The van der Waals surface area contributed by atoms with Crippen LogP contribution in [0.3, 0.4) is 0 Å². The van der Waals surface area contributed by atoms with Gasteiger partial charge in [0, 0.05) is 45.3 Å². The third-order valence-electron chi connectivity index (χ3n) is 5.91. The molecule has 4 rings (SSSR count). The van der Waals surface area contributed by atoms with Gasteiger partial charge >= 0.3 is 0 Å². The molecule has 1 saturated heterocycles. The molecule has 154 valence electrons. The number of hydrogen-bond donors (Lipinski definition) is 1. The Morgan fingerprint density at radius 3 is 2.59 bits per heavy atom. The lowest BCUT2D eigenvalue weighted by Crippen LogP contribution is -2.46. The lowest BCUT2D eigenvalue weighted by molar-refractivity contribution is 0.249. The highest BCUT2D eigenvalue weighted by atomic mass is 15.3. The van der Waals surface area contributed by atoms with Crippen LogP contribution in [0.4, 0.5) is 11.6 Å². The molecule has 0 atom stereocenters. The molecule has 2 heterocycles. The van der Waals surface area contributed by atoms with Gasteiger partial charge in [0.05, 0.1) is 0 Å². The molecule has 2 aliphatic rings. The van der Waals surface area contributed by atoms with Crippen molar-refractivity contribution in [2.75, 3.05) is 42.9 Å². The minimum absolute atomic E-state index is 0.841. The van der Waals surface area contributed by atoms with Crippen molar-refractivity contribution >= 4 is 11.6 Å². The quantitative estimate of drug-likeness (QED) is 0.708. The third kappa shape index (κ3) is 5.80. The van der Waals surface area contributed by atoms with Gasteiger partial charge in [-0.3, -0.25) is 4.90 Å². The predicted molar refractivity (Wildman–Crippen MR) is 120 cm³/mol. The van der Waals surface area contributed by atoms with E-state index in [-0.39, 0.29) is 0 Å². The fraction of sp³-hybridized carbons (Fsp3) is 0.500. The molecule has 1 aliphatic heterocycles. The van der Waals surface area contributed by atoms with Crippen LogP contribution in [0.15, 0.2) is 48.0 Å². The van der Waals surface area contributed by atoms with Gasteiger partial charge < -0.3 is 10.2 Å². The van der Waals surface area contributed by atoms with Gasteiger partial charge in [0.25, 0.3) is 0 Å². The molecule has 0 radical (unpaired) electrons. The maximum atomic E-state index is 4.71. The van der Waals surface area contributed by atoms with Gasteiger partial charge in [-0.2, -0.15) is 0 Å². The zero-order valence-electron chi connectivity index (χ0n) is 17.6. The number of nitrogens with zero attached hydrogens (tertiary/aromatic N) is 4. The second-order valence-electron chi connectivity index (χ2n) is 8.19. The molecular weight excluding hydrogens is 358 g/mol. The van der Waals surface area contributed by atoms with Crippen LogP contribution in [0.5, 0.6) is 0 Å². The van der Waals surface area contributed by atoms with E-state index in [1.54, 1.807) is 5.57 Å². The lowest BCUT2D eigenvalue weighted by Gasteiger charge is -2.35. The van der Waals surface area contributed by atoms with Crippen molar-refractivity contribution in [3.63, 3.8) is 0 Å². The van der Waals surface area contributed by atoms with E-state index in [9.17, 15) is 0 Å². The van der Waals surface area contributed by atoms with Crippen molar-refractivity contribution in [2.24, 2.45) is 0 Å². The van der Waals surface area contributed by atoms with Crippen LogP contribution in [-0.4, -0.2) is 47.6 Å². The van der Waals surface area contributed by atoms with Gasteiger partial charge in [0.1, 0.15) is 17.5 Å². The summed E-state index contributed by atoms with van der Waals surface area (Å²) in [4.78, 5) is 14.2. The van der Waals surface area contributed by atoms with E-state index >= 15 is 0 Å². The molecule has 1 N–H and O–H groups in total. The van der Waals surface area contributed by atoms with Crippen LogP contribution in [0.25, 0.3) is 0 Å². The summed E-state index contributed by atoms with van der Waals surface area (Å²) in [5.41, 5.74) is 2.99. The summed E-state index contributed by atoms with van der Waals surface area (Å²) < 4.78 is 0. The van der Waals surface area contributed by atoms with Gasteiger partial charge in [0.2, 0.25) is 0 Å². The lowest BCUT2D eigenvalue weighted by atomic mass is 9.97. The van der Waals surface area contributed by atoms with Crippen LogP contribution in [0.1, 0.15) is 43.5 Å². The van der Waals surface area contributed by atoms with Crippen LogP contribution in [0, 0.1) is 6.92 Å². The molecule has 5 nitrogen and oxygen atoms in total. The number of rotatable bonds is 7. The molecule has 0 bridgehead atoms. The first-order valence-corrected chi connectivity index (χ1v) is 11.0.